The smallest absolute Gasteiger partial charge is 0.410 e. The van der Waals surface area contributed by atoms with Gasteiger partial charge in [-0.3, -0.25) is 19.5 Å². The number of hydrogen-bond donors (Lipinski definition) is 2. The Balaban J connectivity index is 1.24. The third kappa shape index (κ3) is 6.33. The number of carbonyl (C=O) groups excluding carboxylic acids is 2. The maximum Gasteiger partial charge on any atom is 0.410 e. The molecule has 3 aliphatic heterocycles. The number of amides is 2. The van der Waals surface area contributed by atoms with Crippen LogP contribution in [0.1, 0.15) is 57.3 Å². The highest BCUT2D eigenvalue weighted by Gasteiger charge is 2.53. The van der Waals surface area contributed by atoms with Crippen LogP contribution in [0, 0.1) is 5.41 Å². The normalized spacial score (nSPS) is 21.1. The van der Waals surface area contributed by atoms with E-state index in [1.54, 1.807) is 18.2 Å². The molecule has 0 radical (unpaired) electrons. The number of halogens is 2. The number of nitrogens with two attached hydrogens (primary N) is 1. The summed E-state index contributed by atoms with van der Waals surface area (Å²) >= 11 is 6.56. The Morgan fingerprint density at radius 2 is 1.92 bits per heavy atom. The van der Waals surface area contributed by atoms with Crippen LogP contribution in [0.4, 0.5) is 9.18 Å². The Hall–Kier alpha value is -4.82. The fraction of sp³-hybridized carbons (Fsp3) is 0.429. The fourth-order valence-electron chi connectivity index (χ4n) is 6.78. The molecule has 0 unspecified atom stereocenters. The Morgan fingerprint density at radius 3 is 2.54 bits per heavy atom. The molecule has 0 bridgehead atoms. The summed E-state index contributed by atoms with van der Waals surface area (Å²) in [6, 6.07) is 12.2. The lowest BCUT2D eigenvalue weighted by Crippen LogP contribution is -2.59. The molecule has 2 saturated heterocycles. The molecule has 0 saturated carbocycles. The number of aromatic nitrogens is 5. The number of nitrogens with one attached hydrogen (secondary N) is 1. The van der Waals surface area contributed by atoms with Gasteiger partial charge in [0.05, 0.1) is 49.6 Å². The molecule has 15 heteroatoms. The van der Waals surface area contributed by atoms with E-state index >= 15 is 0 Å². The number of rotatable bonds is 9. The van der Waals surface area contributed by atoms with Crippen LogP contribution < -0.4 is 5.73 Å². The highest BCUT2D eigenvalue weighted by molar-refractivity contribution is 6.33. The summed E-state index contributed by atoms with van der Waals surface area (Å²) in [6.07, 6.45) is 4.82. The molecule has 2 fully saturated rings. The van der Waals surface area contributed by atoms with Crippen molar-refractivity contribution in [3.05, 3.63) is 77.3 Å². The van der Waals surface area contributed by atoms with Crippen LogP contribution in [0.25, 0.3) is 22.5 Å². The van der Waals surface area contributed by atoms with E-state index in [2.05, 4.69) is 20.3 Å². The standard InChI is InChI=1S/C35H39ClFN9O4/c1-33(2,3)17-35(24-8-5-21(6-9-24)23-12-41-45(13-23)25-14-49-15-25)30(47)46(31(38)42-35)28(16-50-32(48)44-18-34(4,37)19-44)22-7-10-27(36)26(11-22)29-39-20-40-43-29/h5-13,20,25,28H,14-19H2,1-4H3,(H2,38,42)(H,39,40,43)/t28-,35-/m1/s1. The minimum Gasteiger partial charge on any atom is -0.447 e. The summed E-state index contributed by atoms with van der Waals surface area (Å²) in [5.74, 6) is 0.0244. The first-order valence-electron chi connectivity index (χ1n) is 16.4. The number of hydrogen-bond acceptors (Lipinski definition) is 9. The third-order valence-corrected chi connectivity index (χ3v) is 9.55. The molecule has 4 aromatic rings. The number of likely N-dealkylation sites (tertiary alicyclic amines) is 1. The van der Waals surface area contributed by atoms with Crippen LogP contribution in [0.5, 0.6) is 0 Å². The number of aromatic amines is 1. The molecule has 2 aromatic heterocycles. The average molecular weight is 704 g/mol. The Morgan fingerprint density at radius 1 is 1.18 bits per heavy atom. The highest BCUT2D eigenvalue weighted by Crippen LogP contribution is 2.45. The van der Waals surface area contributed by atoms with Gasteiger partial charge in [0.1, 0.15) is 18.6 Å². The van der Waals surface area contributed by atoms with Crippen LogP contribution in [0.2, 0.25) is 5.02 Å². The lowest BCUT2D eigenvalue weighted by atomic mass is 9.75. The first-order chi connectivity index (χ1) is 23.7. The number of aliphatic imine (C=N–C) groups is 1. The lowest BCUT2D eigenvalue weighted by Gasteiger charge is -2.41. The predicted molar refractivity (Wildman–Crippen MR) is 184 cm³/mol. The number of nitrogens with zero attached hydrogens (tertiary/aromatic N) is 7. The SMILES string of the molecule is CC(C)(C)C[C@]1(c2ccc(-c3cnn(C4COC4)c3)cc2)N=C(N)N([C@H](COC(=O)N2CC(C)(F)C2)c2ccc(Cl)c(-c3ncn[nH]3)c2)C1=O. The average Bonchev–Trinajstić information content (AvgIpc) is 3.77. The quantitative estimate of drug-likeness (QED) is 0.239. The van der Waals surface area contributed by atoms with Gasteiger partial charge in [0, 0.05) is 17.3 Å². The van der Waals surface area contributed by atoms with Crippen LogP contribution in [0.15, 0.2) is 66.2 Å². The summed E-state index contributed by atoms with van der Waals surface area (Å²) in [5, 5.41) is 11.6. The van der Waals surface area contributed by atoms with E-state index < -0.39 is 23.3 Å². The van der Waals surface area contributed by atoms with Crippen molar-refractivity contribution in [3.63, 3.8) is 0 Å². The first-order valence-corrected chi connectivity index (χ1v) is 16.8. The zero-order valence-electron chi connectivity index (χ0n) is 28.3. The molecule has 2 aromatic carbocycles. The maximum absolute atomic E-state index is 15.0. The van der Waals surface area contributed by atoms with Gasteiger partial charge in [0.25, 0.3) is 5.91 Å². The van der Waals surface area contributed by atoms with Gasteiger partial charge in [-0.1, -0.05) is 62.7 Å². The van der Waals surface area contributed by atoms with E-state index in [4.69, 9.17) is 31.8 Å². The number of carbonyl (C=O) groups is 2. The van der Waals surface area contributed by atoms with Crippen molar-refractivity contribution in [2.75, 3.05) is 32.9 Å². The Bertz CT molecular complexity index is 1930. The van der Waals surface area contributed by atoms with Crippen LogP contribution in [0.3, 0.4) is 0 Å². The molecular weight excluding hydrogens is 665 g/mol. The monoisotopic (exact) mass is 703 g/mol. The summed E-state index contributed by atoms with van der Waals surface area (Å²) in [5.41, 5.74) is 7.14. The van der Waals surface area contributed by atoms with E-state index in [-0.39, 0.29) is 43.0 Å². The minimum absolute atomic E-state index is 0.0233. The summed E-state index contributed by atoms with van der Waals surface area (Å²) < 4.78 is 27.2. The Kier molecular flexibility index (Phi) is 8.42. The largest absolute Gasteiger partial charge is 0.447 e. The second-order valence-electron chi connectivity index (χ2n) is 14.7. The van der Waals surface area contributed by atoms with E-state index in [9.17, 15) is 14.0 Å². The molecule has 3 aliphatic rings. The number of alkyl halides is 1. The highest BCUT2D eigenvalue weighted by atomic mass is 35.5. The second-order valence-corrected chi connectivity index (χ2v) is 15.1. The number of H-pyrrole nitrogens is 1. The summed E-state index contributed by atoms with van der Waals surface area (Å²) in [7, 11) is 0. The van der Waals surface area contributed by atoms with Crippen molar-refractivity contribution in [3.8, 4) is 22.5 Å². The molecule has 50 heavy (non-hydrogen) atoms. The fourth-order valence-corrected chi connectivity index (χ4v) is 6.99. The van der Waals surface area contributed by atoms with Gasteiger partial charge in [-0.05, 0) is 47.6 Å². The van der Waals surface area contributed by atoms with Crippen molar-refractivity contribution < 1.29 is 23.5 Å². The van der Waals surface area contributed by atoms with Gasteiger partial charge < -0.3 is 20.1 Å². The Labute approximate surface area is 293 Å². The number of ether oxygens (including phenoxy) is 2. The molecular formula is C35H39ClFN9O4. The summed E-state index contributed by atoms with van der Waals surface area (Å²) in [4.78, 5) is 39.8. The maximum atomic E-state index is 15.0. The first kappa shape index (κ1) is 33.7. The van der Waals surface area contributed by atoms with E-state index in [0.717, 1.165) is 11.1 Å². The zero-order valence-corrected chi connectivity index (χ0v) is 29.0. The molecule has 5 heterocycles. The molecule has 2 amide bonds. The van der Waals surface area contributed by atoms with Crippen molar-refractivity contribution in [1.29, 1.82) is 0 Å². The number of guanidine groups is 1. The zero-order chi connectivity index (χ0) is 35.4. The van der Waals surface area contributed by atoms with Gasteiger partial charge in [0.2, 0.25) is 0 Å². The number of benzene rings is 2. The molecule has 0 aliphatic carbocycles. The summed E-state index contributed by atoms with van der Waals surface area (Å²) in [6.45, 7) is 8.38. The van der Waals surface area contributed by atoms with Crippen LogP contribution in [-0.2, 0) is 19.8 Å². The van der Waals surface area contributed by atoms with E-state index in [1.807, 2.05) is 62.1 Å². The van der Waals surface area contributed by atoms with Crippen molar-refractivity contribution >= 4 is 29.6 Å². The topological polar surface area (TPSA) is 157 Å². The molecule has 2 atom stereocenters. The molecule has 3 N–H and O–H groups in total. The third-order valence-electron chi connectivity index (χ3n) is 9.22. The second kappa shape index (κ2) is 12.5. The van der Waals surface area contributed by atoms with Gasteiger partial charge in [-0.2, -0.15) is 10.2 Å². The van der Waals surface area contributed by atoms with Gasteiger partial charge >= 0.3 is 6.09 Å². The predicted octanol–water partition coefficient (Wildman–Crippen LogP) is 5.27. The van der Waals surface area contributed by atoms with Crippen molar-refractivity contribution in [1.82, 2.24) is 34.8 Å². The molecule has 7 rings (SSSR count). The van der Waals surface area contributed by atoms with Crippen LogP contribution >= 0.6 is 11.6 Å². The van der Waals surface area contributed by atoms with Gasteiger partial charge in [-0.25, -0.2) is 19.2 Å². The minimum atomic E-state index is -1.48. The van der Waals surface area contributed by atoms with Gasteiger partial charge in [-0.15, -0.1) is 0 Å². The molecule has 0 spiro atoms. The van der Waals surface area contributed by atoms with Gasteiger partial charge in [0.15, 0.2) is 17.3 Å². The van der Waals surface area contributed by atoms with E-state index in [1.165, 1.54) is 23.1 Å². The van der Waals surface area contributed by atoms with Crippen LogP contribution in [-0.4, -0.2) is 91.3 Å². The molecule has 262 valence electrons. The lowest BCUT2D eigenvalue weighted by molar-refractivity contribution is -0.135. The van der Waals surface area contributed by atoms with E-state index in [0.29, 0.717) is 47.2 Å². The van der Waals surface area contributed by atoms with Crippen molar-refractivity contribution in [2.45, 2.75) is 57.4 Å². The van der Waals surface area contributed by atoms with Crippen molar-refractivity contribution in [2.24, 2.45) is 16.1 Å². The molecule has 13 nitrogen and oxygen atoms in total.